The summed E-state index contributed by atoms with van der Waals surface area (Å²) in [6, 6.07) is 14.1. The summed E-state index contributed by atoms with van der Waals surface area (Å²) in [4.78, 5) is 12.3. The highest BCUT2D eigenvalue weighted by Gasteiger charge is 2.12. The van der Waals surface area contributed by atoms with Gasteiger partial charge in [0, 0.05) is 21.8 Å². The molecule has 2 rings (SSSR count). The Morgan fingerprint density at radius 2 is 1.88 bits per heavy atom. The van der Waals surface area contributed by atoms with Crippen molar-refractivity contribution in [3.05, 3.63) is 58.1 Å². The van der Waals surface area contributed by atoms with Gasteiger partial charge in [-0.2, -0.15) is 5.26 Å². The number of halogens is 1. The Labute approximate surface area is 148 Å². The number of nitrogens with zero attached hydrogens (tertiary/aromatic N) is 1. The summed E-state index contributed by atoms with van der Waals surface area (Å²) in [5, 5.41) is 12.0. The Morgan fingerprint density at radius 1 is 1.17 bits per heavy atom. The molecule has 6 heteroatoms. The van der Waals surface area contributed by atoms with Gasteiger partial charge in [0.1, 0.15) is 23.1 Å². The van der Waals surface area contributed by atoms with E-state index in [1.165, 1.54) is 13.2 Å². The third-order valence-electron chi connectivity index (χ3n) is 3.21. The number of benzene rings is 2. The zero-order valence-electron chi connectivity index (χ0n) is 13.2. The number of rotatable bonds is 5. The zero-order valence-corrected chi connectivity index (χ0v) is 14.8. The number of methoxy groups -OCH3 is 2. The fourth-order valence-electron chi connectivity index (χ4n) is 1.97. The van der Waals surface area contributed by atoms with Gasteiger partial charge in [-0.1, -0.05) is 15.9 Å². The number of nitrogens with one attached hydrogen (secondary N) is 1. The standard InChI is InChI=1S/C18H15BrN2O3/c1-23-16-8-3-12(17(10-16)24-2)9-13(11-20)18(22)21-15-6-4-14(19)5-7-15/h3-10H,1-2H3,(H,21,22)/b13-9-. The molecule has 0 unspecified atom stereocenters. The Balaban J connectivity index is 2.27. The first-order valence-electron chi connectivity index (χ1n) is 6.98. The van der Waals surface area contributed by atoms with E-state index in [9.17, 15) is 10.1 Å². The number of ether oxygens (including phenoxy) is 2. The molecule has 0 saturated heterocycles. The summed E-state index contributed by atoms with van der Waals surface area (Å²) < 4.78 is 11.3. The second kappa shape index (κ2) is 8.18. The lowest BCUT2D eigenvalue weighted by Crippen LogP contribution is -2.13. The van der Waals surface area contributed by atoms with E-state index >= 15 is 0 Å². The number of hydrogen-bond donors (Lipinski definition) is 1. The molecular formula is C18H15BrN2O3. The van der Waals surface area contributed by atoms with Gasteiger partial charge in [-0.15, -0.1) is 0 Å². The van der Waals surface area contributed by atoms with Crippen LogP contribution in [-0.4, -0.2) is 20.1 Å². The molecule has 122 valence electrons. The van der Waals surface area contributed by atoms with Crippen LogP contribution in [0.3, 0.4) is 0 Å². The van der Waals surface area contributed by atoms with Crippen molar-refractivity contribution in [2.24, 2.45) is 0 Å². The number of hydrogen-bond acceptors (Lipinski definition) is 4. The lowest BCUT2D eigenvalue weighted by Gasteiger charge is -2.08. The minimum Gasteiger partial charge on any atom is -0.497 e. The van der Waals surface area contributed by atoms with Crippen LogP contribution in [0.25, 0.3) is 6.08 Å². The SMILES string of the molecule is COc1ccc(/C=C(/C#N)C(=O)Nc2ccc(Br)cc2)c(OC)c1. The number of carbonyl (C=O) groups is 1. The van der Waals surface area contributed by atoms with Crippen LogP contribution in [0.15, 0.2) is 52.5 Å². The van der Waals surface area contributed by atoms with Crippen molar-refractivity contribution in [2.75, 3.05) is 19.5 Å². The maximum Gasteiger partial charge on any atom is 0.266 e. The first-order chi connectivity index (χ1) is 11.6. The average molecular weight is 387 g/mol. The molecule has 0 spiro atoms. The first-order valence-corrected chi connectivity index (χ1v) is 7.77. The summed E-state index contributed by atoms with van der Waals surface area (Å²) in [6.45, 7) is 0. The number of carbonyl (C=O) groups excluding carboxylic acids is 1. The van der Waals surface area contributed by atoms with E-state index in [1.54, 1.807) is 49.6 Å². The van der Waals surface area contributed by atoms with Crippen molar-refractivity contribution < 1.29 is 14.3 Å². The zero-order chi connectivity index (χ0) is 17.5. The molecule has 24 heavy (non-hydrogen) atoms. The molecule has 0 atom stereocenters. The molecule has 1 N–H and O–H groups in total. The molecule has 0 saturated carbocycles. The molecule has 0 heterocycles. The van der Waals surface area contributed by atoms with E-state index < -0.39 is 5.91 Å². The highest BCUT2D eigenvalue weighted by atomic mass is 79.9. The fraction of sp³-hybridized carbons (Fsp3) is 0.111. The van der Waals surface area contributed by atoms with Crippen LogP contribution in [0.2, 0.25) is 0 Å². The lowest BCUT2D eigenvalue weighted by molar-refractivity contribution is -0.112. The molecule has 0 aliphatic heterocycles. The molecule has 0 aliphatic rings. The van der Waals surface area contributed by atoms with Gasteiger partial charge in [-0.05, 0) is 42.5 Å². The van der Waals surface area contributed by atoms with Crippen molar-refractivity contribution in [3.63, 3.8) is 0 Å². The van der Waals surface area contributed by atoms with Gasteiger partial charge >= 0.3 is 0 Å². The molecule has 0 bridgehead atoms. The minimum atomic E-state index is -0.488. The van der Waals surface area contributed by atoms with Crippen LogP contribution in [0.4, 0.5) is 5.69 Å². The van der Waals surface area contributed by atoms with Gasteiger partial charge in [0.2, 0.25) is 0 Å². The van der Waals surface area contributed by atoms with Gasteiger partial charge in [0.05, 0.1) is 14.2 Å². The van der Waals surface area contributed by atoms with Crippen LogP contribution in [0.5, 0.6) is 11.5 Å². The van der Waals surface area contributed by atoms with E-state index in [1.807, 2.05) is 6.07 Å². The van der Waals surface area contributed by atoms with E-state index in [0.29, 0.717) is 22.7 Å². The van der Waals surface area contributed by atoms with Crippen LogP contribution in [-0.2, 0) is 4.79 Å². The summed E-state index contributed by atoms with van der Waals surface area (Å²) >= 11 is 3.33. The van der Waals surface area contributed by atoms with Gasteiger partial charge < -0.3 is 14.8 Å². The van der Waals surface area contributed by atoms with Crippen LogP contribution < -0.4 is 14.8 Å². The highest BCUT2D eigenvalue weighted by molar-refractivity contribution is 9.10. The van der Waals surface area contributed by atoms with E-state index in [0.717, 1.165) is 4.47 Å². The molecule has 0 aromatic heterocycles. The Kier molecular flexibility index (Phi) is 5.99. The van der Waals surface area contributed by atoms with Crippen molar-refractivity contribution >= 4 is 33.6 Å². The summed E-state index contributed by atoms with van der Waals surface area (Å²) in [5.41, 5.74) is 1.19. The Hall–Kier alpha value is -2.78. The van der Waals surface area contributed by atoms with Crippen molar-refractivity contribution in [1.29, 1.82) is 5.26 Å². The van der Waals surface area contributed by atoms with Gasteiger partial charge in [0.15, 0.2) is 0 Å². The van der Waals surface area contributed by atoms with Gasteiger partial charge in [-0.25, -0.2) is 0 Å². The molecule has 0 radical (unpaired) electrons. The second-order valence-corrected chi connectivity index (χ2v) is 5.65. The first kappa shape index (κ1) is 17.6. The summed E-state index contributed by atoms with van der Waals surface area (Å²) in [6.07, 6.45) is 1.48. The molecule has 2 aromatic carbocycles. The summed E-state index contributed by atoms with van der Waals surface area (Å²) in [5.74, 6) is 0.651. The van der Waals surface area contributed by atoms with E-state index in [2.05, 4.69) is 21.2 Å². The lowest BCUT2D eigenvalue weighted by atomic mass is 10.1. The number of amides is 1. The molecule has 5 nitrogen and oxygen atoms in total. The molecule has 0 fully saturated rings. The van der Waals surface area contributed by atoms with Crippen LogP contribution >= 0.6 is 15.9 Å². The van der Waals surface area contributed by atoms with Gasteiger partial charge in [-0.3, -0.25) is 4.79 Å². The third-order valence-corrected chi connectivity index (χ3v) is 3.74. The quantitative estimate of drug-likeness (QED) is 0.622. The average Bonchev–Trinajstić information content (AvgIpc) is 2.61. The van der Waals surface area contributed by atoms with Gasteiger partial charge in [0.25, 0.3) is 5.91 Å². The normalized spacial score (nSPS) is 10.7. The fourth-order valence-corrected chi connectivity index (χ4v) is 2.24. The third kappa shape index (κ3) is 4.37. The predicted octanol–water partition coefficient (Wildman–Crippen LogP) is 4.01. The highest BCUT2D eigenvalue weighted by Crippen LogP contribution is 2.26. The second-order valence-electron chi connectivity index (χ2n) is 4.74. The van der Waals surface area contributed by atoms with E-state index in [-0.39, 0.29) is 5.57 Å². The van der Waals surface area contributed by atoms with Crippen LogP contribution in [0, 0.1) is 11.3 Å². The van der Waals surface area contributed by atoms with Crippen LogP contribution in [0.1, 0.15) is 5.56 Å². The maximum absolute atomic E-state index is 12.3. The topological polar surface area (TPSA) is 71.3 Å². The van der Waals surface area contributed by atoms with E-state index in [4.69, 9.17) is 9.47 Å². The largest absolute Gasteiger partial charge is 0.497 e. The van der Waals surface area contributed by atoms with Crippen molar-refractivity contribution in [3.8, 4) is 17.6 Å². The Morgan fingerprint density at radius 3 is 2.46 bits per heavy atom. The number of anilines is 1. The smallest absolute Gasteiger partial charge is 0.266 e. The molecule has 2 aromatic rings. The monoisotopic (exact) mass is 386 g/mol. The predicted molar refractivity (Wildman–Crippen MR) is 95.9 cm³/mol. The minimum absolute atomic E-state index is 0.0265. The maximum atomic E-state index is 12.3. The molecule has 1 amide bonds. The van der Waals surface area contributed by atoms with Crippen molar-refractivity contribution in [2.45, 2.75) is 0 Å². The van der Waals surface area contributed by atoms with Crippen molar-refractivity contribution in [1.82, 2.24) is 0 Å². The number of nitriles is 1. The Bertz CT molecular complexity index is 808. The summed E-state index contributed by atoms with van der Waals surface area (Å²) in [7, 11) is 3.07. The molecule has 0 aliphatic carbocycles. The molecular weight excluding hydrogens is 372 g/mol.